The fourth-order valence-electron chi connectivity index (χ4n) is 3.85. The number of fused-ring (bicyclic) bond motifs is 1. The number of hydrogen-bond donors (Lipinski definition) is 2. The quantitative estimate of drug-likeness (QED) is 0.532. The van der Waals surface area contributed by atoms with Crippen molar-refractivity contribution >= 4 is 27.5 Å². The van der Waals surface area contributed by atoms with Crippen molar-refractivity contribution < 1.29 is 18.8 Å². The third-order valence-corrected chi connectivity index (χ3v) is 6.76. The highest BCUT2D eigenvalue weighted by Crippen LogP contribution is 2.26. The van der Waals surface area contributed by atoms with Gasteiger partial charge in [-0.15, -0.1) is 11.3 Å². The van der Waals surface area contributed by atoms with E-state index in [4.69, 9.17) is 4.74 Å². The maximum atomic E-state index is 13.5. The van der Waals surface area contributed by atoms with Crippen LogP contribution < -0.4 is 15.8 Å². The number of hydrogen-bond acceptors (Lipinski definition) is 5. The minimum atomic E-state index is -0.347. The first-order valence-corrected chi connectivity index (χ1v) is 11.3. The Morgan fingerprint density at radius 3 is 2.94 bits per heavy atom. The summed E-state index contributed by atoms with van der Waals surface area (Å²) in [5, 5.41) is 3.42. The molecule has 3 heterocycles. The van der Waals surface area contributed by atoms with E-state index < -0.39 is 0 Å². The summed E-state index contributed by atoms with van der Waals surface area (Å²) >= 11 is 1.23. The molecule has 0 spiro atoms. The SMILES string of the molecule is Cc1c(C(=O)NCCC[NH+]2CCOCC2)sc2ncn(Cc3cccc(F)c3)c(=O)c12. The molecule has 1 aliphatic heterocycles. The summed E-state index contributed by atoms with van der Waals surface area (Å²) in [7, 11) is 0. The maximum absolute atomic E-state index is 13.5. The maximum Gasteiger partial charge on any atom is 0.262 e. The van der Waals surface area contributed by atoms with Crippen LogP contribution in [0, 0.1) is 12.7 Å². The average Bonchev–Trinajstić information content (AvgIpc) is 3.11. The highest BCUT2D eigenvalue weighted by Gasteiger charge is 2.20. The Bertz CT molecular complexity index is 1140. The van der Waals surface area contributed by atoms with Crippen molar-refractivity contribution in [3.8, 4) is 0 Å². The van der Waals surface area contributed by atoms with Crippen LogP contribution in [0.5, 0.6) is 0 Å². The number of carbonyl (C=O) groups excluding carboxylic acids is 1. The molecule has 164 valence electrons. The normalized spacial score (nSPS) is 14.8. The van der Waals surface area contributed by atoms with Crippen LogP contribution in [0.25, 0.3) is 10.2 Å². The molecule has 9 heteroatoms. The van der Waals surface area contributed by atoms with Crippen molar-refractivity contribution in [2.75, 3.05) is 39.4 Å². The van der Waals surface area contributed by atoms with Crippen molar-refractivity contribution in [3.63, 3.8) is 0 Å². The van der Waals surface area contributed by atoms with Gasteiger partial charge in [0.05, 0.1) is 42.9 Å². The zero-order valence-corrected chi connectivity index (χ0v) is 18.3. The lowest BCUT2D eigenvalue weighted by molar-refractivity contribution is -0.908. The number of morpholine rings is 1. The molecule has 0 saturated carbocycles. The molecular weight excluding hydrogens is 419 g/mol. The molecule has 1 aliphatic rings. The van der Waals surface area contributed by atoms with Crippen molar-refractivity contribution in [1.82, 2.24) is 14.9 Å². The van der Waals surface area contributed by atoms with Gasteiger partial charge < -0.3 is 15.0 Å². The van der Waals surface area contributed by atoms with E-state index in [1.165, 1.54) is 39.3 Å². The second kappa shape index (κ2) is 9.67. The molecule has 1 saturated heterocycles. The van der Waals surface area contributed by atoms with Gasteiger partial charge in [-0.05, 0) is 30.2 Å². The Labute approximate surface area is 183 Å². The number of amides is 1. The molecule has 1 fully saturated rings. The second-order valence-corrected chi connectivity index (χ2v) is 8.76. The van der Waals surface area contributed by atoms with Crippen LogP contribution in [-0.4, -0.2) is 54.9 Å². The van der Waals surface area contributed by atoms with E-state index >= 15 is 0 Å². The average molecular weight is 446 g/mol. The van der Waals surface area contributed by atoms with Crippen molar-refractivity contribution in [2.45, 2.75) is 19.9 Å². The van der Waals surface area contributed by atoms with Gasteiger partial charge in [-0.3, -0.25) is 14.2 Å². The molecule has 0 aliphatic carbocycles. The lowest BCUT2D eigenvalue weighted by Crippen LogP contribution is -3.14. The Kier molecular flexibility index (Phi) is 6.74. The number of thiophene rings is 1. The van der Waals surface area contributed by atoms with E-state index in [-0.39, 0.29) is 23.8 Å². The van der Waals surface area contributed by atoms with E-state index in [0.717, 1.165) is 39.3 Å². The van der Waals surface area contributed by atoms with Gasteiger partial charge in [-0.1, -0.05) is 12.1 Å². The number of quaternary nitrogens is 1. The van der Waals surface area contributed by atoms with Crippen LogP contribution in [0.1, 0.15) is 27.2 Å². The van der Waals surface area contributed by atoms with E-state index in [0.29, 0.717) is 32.8 Å². The number of nitrogens with zero attached hydrogens (tertiary/aromatic N) is 2. The number of benzene rings is 1. The van der Waals surface area contributed by atoms with Gasteiger partial charge in [-0.25, -0.2) is 9.37 Å². The van der Waals surface area contributed by atoms with E-state index in [1.54, 1.807) is 19.1 Å². The lowest BCUT2D eigenvalue weighted by atomic mass is 10.2. The Hall–Kier alpha value is -2.62. The van der Waals surface area contributed by atoms with Crippen LogP contribution in [0.4, 0.5) is 4.39 Å². The number of ether oxygens (including phenoxy) is 1. The number of aryl methyl sites for hydroxylation is 1. The fourth-order valence-corrected chi connectivity index (χ4v) is 4.91. The summed E-state index contributed by atoms with van der Waals surface area (Å²) < 4.78 is 20.3. The first-order chi connectivity index (χ1) is 15.0. The van der Waals surface area contributed by atoms with Crippen molar-refractivity contribution in [1.29, 1.82) is 0 Å². The molecule has 4 rings (SSSR count). The molecule has 0 radical (unpaired) electrons. The van der Waals surface area contributed by atoms with Gasteiger partial charge in [-0.2, -0.15) is 0 Å². The third-order valence-electron chi connectivity index (χ3n) is 5.56. The van der Waals surface area contributed by atoms with Crippen LogP contribution in [0.15, 0.2) is 35.4 Å². The number of rotatable bonds is 7. The highest BCUT2D eigenvalue weighted by molar-refractivity contribution is 7.20. The molecule has 1 amide bonds. The molecular formula is C22H26FN4O3S+. The Morgan fingerprint density at radius 2 is 2.16 bits per heavy atom. The van der Waals surface area contributed by atoms with Gasteiger partial charge in [0, 0.05) is 13.0 Å². The van der Waals surface area contributed by atoms with E-state index in [2.05, 4.69) is 10.3 Å². The first-order valence-electron chi connectivity index (χ1n) is 10.5. The Morgan fingerprint density at radius 1 is 1.35 bits per heavy atom. The molecule has 2 aromatic heterocycles. The summed E-state index contributed by atoms with van der Waals surface area (Å²) in [6, 6.07) is 6.14. The van der Waals surface area contributed by atoms with Crippen LogP contribution >= 0.6 is 11.3 Å². The van der Waals surface area contributed by atoms with Crippen LogP contribution in [0.2, 0.25) is 0 Å². The molecule has 0 bridgehead atoms. The predicted octanol–water partition coefficient (Wildman–Crippen LogP) is 0.989. The van der Waals surface area contributed by atoms with Gasteiger partial charge in [0.15, 0.2) is 0 Å². The molecule has 3 aromatic rings. The monoisotopic (exact) mass is 445 g/mol. The molecule has 1 aromatic carbocycles. The topological polar surface area (TPSA) is 77.7 Å². The van der Waals surface area contributed by atoms with Crippen molar-refractivity contribution in [3.05, 3.63) is 62.8 Å². The summed E-state index contributed by atoms with van der Waals surface area (Å²) in [5.74, 6) is -0.519. The van der Waals surface area contributed by atoms with Gasteiger partial charge in [0.25, 0.3) is 11.5 Å². The largest absolute Gasteiger partial charge is 0.370 e. The summed E-state index contributed by atoms with van der Waals surface area (Å²) in [5.41, 5.74) is 1.09. The lowest BCUT2D eigenvalue weighted by Gasteiger charge is -2.23. The molecule has 31 heavy (non-hydrogen) atoms. The summed E-state index contributed by atoms with van der Waals surface area (Å²) in [6.45, 7) is 7.21. The zero-order valence-electron chi connectivity index (χ0n) is 17.4. The number of nitrogens with one attached hydrogen (secondary N) is 2. The minimum absolute atomic E-state index is 0.173. The van der Waals surface area contributed by atoms with Gasteiger partial charge in [0.2, 0.25) is 0 Å². The van der Waals surface area contributed by atoms with E-state index in [1.807, 2.05) is 0 Å². The summed E-state index contributed by atoms with van der Waals surface area (Å²) in [6.07, 6.45) is 2.35. The Balaban J connectivity index is 1.45. The minimum Gasteiger partial charge on any atom is -0.370 e. The predicted molar refractivity (Wildman–Crippen MR) is 117 cm³/mol. The summed E-state index contributed by atoms with van der Waals surface area (Å²) in [4.78, 5) is 32.6. The third kappa shape index (κ3) is 5.00. The highest BCUT2D eigenvalue weighted by atomic mass is 32.1. The van der Waals surface area contributed by atoms with E-state index in [9.17, 15) is 14.0 Å². The fraction of sp³-hybridized carbons (Fsp3) is 0.409. The van der Waals surface area contributed by atoms with Crippen molar-refractivity contribution in [2.24, 2.45) is 0 Å². The van der Waals surface area contributed by atoms with Gasteiger partial charge in [0.1, 0.15) is 23.7 Å². The molecule has 0 unspecified atom stereocenters. The van der Waals surface area contributed by atoms with Crippen LogP contribution in [-0.2, 0) is 11.3 Å². The molecule has 7 nitrogen and oxygen atoms in total. The standard InChI is InChI=1S/C22H25FN4O3S/c1-15-18-21(25-14-27(22(18)29)13-16-4-2-5-17(23)12-16)31-19(15)20(28)24-6-3-7-26-8-10-30-11-9-26/h2,4-5,12,14H,3,6-11,13H2,1H3,(H,24,28)/p+1. The number of aromatic nitrogens is 2. The number of carbonyl (C=O) groups is 1. The molecule has 2 N–H and O–H groups in total. The van der Waals surface area contributed by atoms with Gasteiger partial charge >= 0.3 is 0 Å². The second-order valence-electron chi connectivity index (χ2n) is 7.77. The smallest absolute Gasteiger partial charge is 0.262 e. The first kappa shape index (κ1) is 21.6. The zero-order chi connectivity index (χ0) is 21.8. The molecule has 0 atom stereocenters. The van der Waals surface area contributed by atoms with Crippen LogP contribution in [0.3, 0.4) is 0 Å². The number of halogens is 1.